The van der Waals surface area contributed by atoms with Crippen molar-refractivity contribution in [3.63, 3.8) is 0 Å². The highest BCUT2D eigenvalue weighted by Gasteiger charge is 2.56. The van der Waals surface area contributed by atoms with Crippen LogP contribution in [0.15, 0.2) is 24.3 Å². The number of hydrogen-bond donors (Lipinski definition) is 4. The Hall–Kier alpha value is -4.34. The molecule has 3 fully saturated rings. The quantitative estimate of drug-likeness (QED) is 0.188. The van der Waals surface area contributed by atoms with Crippen LogP contribution in [0.3, 0.4) is 0 Å². The minimum atomic E-state index is -2.93. The molecular weight excluding hydrogens is 744 g/mol. The molecule has 57 heavy (non-hydrogen) atoms. The van der Waals surface area contributed by atoms with Gasteiger partial charge in [0.1, 0.15) is 29.8 Å². The number of ether oxygens (including phenoxy) is 3. The van der Waals surface area contributed by atoms with Gasteiger partial charge >= 0.3 is 18.0 Å². The van der Waals surface area contributed by atoms with Gasteiger partial charge in [-0.3, -0.25) is 14.4 Å². The van der Waals surface area contributed by atoms with Gasteiger partial charge in [0.2, 0.25) is 24.1 Å². The van der Waals surface area contributed by atoms with E-state index >= 15 is 0 Å². The van der Waals surface area contributed by atoms with Gasteiger partial charge < -0.3 is 40.4 Å². The molecule has 5 amide bonds. The third kappa shape index (κ3) is 12.6. The van der Waals surface area contributed by atoms with E-state index in [9.17, 15) is 37.5 Å². The Balaban J connectivity index is 1.53. The highest BCUT2D eigenvalue weighted by Crippen LogP contribution is 2.43. The van der Waals surface area contributed by atoms with E-state index in [1.165, 1.54) is 12.0 Å². The first kappa shape index (κ1) is 45.4. The Morgan fingerprint density at radius 1 is 0.965 bits per heavy atom. The predicted octanol–water partition coefficient (Wildman–Crippen LogP) is 4.28. The van der Waals surface area contributed by atoms with E-state index in [1.807, 2.05) is 13.8 Å². The van der Waals surface area contributed by atoms with Crippen molar-refractivity contribution in [2.75, 3.05) is 20.2 Å². The fraction of sp³-hybridized carbons (Fsp3) is 0.707. The summed E-state index contributed by atoms with van der Waals surface area (Å²) in [5.74, 6) is -4.34. The average molecular weight is 806 g/mol. The van der Waals surface area contributed by atoms with Gasteiger partial charge in [-0.25, -0.2) is 23.2 Å². The highest BCUT2D eigenvalue weighted by atomic mass is 19.3. The monoisotopic (exact) mass is 805 g/mol. The number of fused-ring (bicyclic) bond motifs is 1. The second kappa shape index (κ2) is 19.4. The van der Waals surface area contributed by atoms with Crippen LogP contribution >= 0.6 is 0 Å². The van der Waals surface area contributed by atoms with Crippen LogP contribution in [0.2, 0.25) is 0 Å². The van der Waals surface area contributed by atoms with Crippen molar-refractivity contribution in [3.8, 4) is 0 Å². The molecule has 1 aromatic carbocycles. The highest BCUT2D eigenvalue weighted by molar-refractivity contribution is 5.95. The number of nitrogens with zero attached hydrogens (tertiary/aromatic N) is 1. The molecule has 16 heteroatoms. The van der Waals surface area contributed by atoms with Gasteiger partial charge in [-0.15, -0.1) is 0 Å². The minimum absolute atomic E-state index is 0.0184. The van der Waals surface area contributed by atoms with E-state index < -0.39 is 95.9 Å². The average Bonchev–Trinajstić information content (AvgIpc) is 3.62. The normalized spacial score (nSPS) is 22.2. The molecule has 0 bridgehead atoms. The Labute approximate surface area is 334 Å². The van der Waals surface area contributed by atoms with E-state index in [2.05, 4.69) is 21.3 Å². The number of benzene rings is 1. The summed E-state index contributed by atoms with van der Waals surface area (Å²) in [7, 11) is 1.27. The van der Waals surface area contributed by atoms with Crippen LogP contribution in [0.25, 0.3) is 0 Å². The molecule has 0 spiro atoms. The zero-order valence-electron chi connectivity index (χ0n) is 34.5. The van der Waals surface area contributed by atoms with Crippen LogP contribution in [0.4, 0.5) is 13.6 Å². The Morgan fingerprint density at radius 3 is 2.19 bits per heavy atom. The summed E-state index contributed by atoms with van der Waals surface area (Å²) in [5, 5.41) is 10.7. The SMILES string of the molecule is COC(=O)c1ccc(CCNC(=O)[C@H](CC(F)F)NC(=O)[C@@H]2[C@H]3CC(C)(C)O[C@H]3CN2C(=O)[C@@H](NC(=O)N[C@H](C(=O)OC(C)(C)C)C(C)C)C2CCCCC2)cc1. The van der Waals surface area contributed by atoms with Crippen molar-refractivity contribution in [1.29, 1.82) is 0 Å². The van der Waals surface area contributed by atoms with Crippen molar-refractivity contribution >= 4 is 35.7 Å². The molecule has 14 nitrogen and oxygen atoms in total. The molecule has 318 valence electrons. The van der Waals surface area contributed by atoms with Crippen LogP contribution in [0.5, 0.6) is 0 Å². The lowest BCUT2D eigenvalue weighted by Gasteiger charge is -2.36. The molecule has 3 aliphatic rings. The maximum absolute atomic E-state index is 14.7. The third-order valence-corrected chi connectivity index (χ3v) is 10.8. The lowest BCUT2D eigenvalue weighted by Crippen LogP contribution is -2.61. The summed E-state index contributed by atoms with van der Waals surface area (Å²) in [6, 6.07) is 0.931. The van der Waals surface area contributed by atoms with Crippen LogP contribution in [-0.2, 0) is 39.8 Å². The molecule has 4 N–H and O–H groups in total. The largest absolute Gasteiger partial charge is 0.465 e. The lowest BCUT2D eigenvalue weighted by molar-refractivity contribution is -0.158. The van der Waals surface area contributed by atoms with Gasteiger partial charge in [-0.1, -0.05) is 45.2 Å². The number of urea groups is 1. The zero-order chi connectivity index (χ0) is 42.2. The number of amides is 5. The number of hydrogen-bond acceptors (Lipinski definition) is 9. The molecule has 1 aromatic rings. The summed E-state index contributed by atoms with van der Waals surface area (Å²) in [5.41, 5.74) is -0.304. The summed E-state index contributed by atoms with van der Waals surface area (Å²) < 4.78 is 44.3. The van der Waals surface area contributed by atoms with Crippen molar-refractivity contribution in [2.45, 2.75) is 148 Å². The van der Waals surface area contributed by atoms with Gasteiger partial charge in [0, 0.05) is 25.4 Å². The molecule has 6 atom stereocenters. The van der Waals surface area contributed by atoms with Crippen LogP contribution in [-0.4, -0.2) is 109 Å². The Bertz CT molecular complexity index is 1590. The standard InChI is InChI=1S/C41H61F2N5O9/c1-23(2)31(38(53)57-40(3,4)5)46-39(54)47-32(25-12-10-9-11-13-25)36(51)48-22-29-27(21-41(6,7)56-29)33(48)35(50)45-28(20-30(42)43)34(49)44-19-18-24-14-16-26(17-15-24)37(52)55-8/h14-17,23,25,27-33H,9-13,18-22H2,1-8H3,(H,44,49)(H,45,50)(H2,46,47,54)/t27-,28-,29-,31-,32-,33-/m0/s1. The number of halogens is 2. The van der Waals surface area contributed by atoms with Crippen molar-refractivity contribution in [3.05, 3.63) is 35.4 Å². The molecule has 2 saturated heterocycles. The van der Waals surface area contributed by atoms with E-state index in [4.69, 9.17) is 14.2 Å². The topological polar surface area (TPSA) is 181 Å². The number of carbonyl (C=O) groups is 6. The van der Waals surface area contributed by atoms with Gasteiger partial charge in [-0.05, 0) is 89.8 Å². The molecule has 1 aliphatic carbocycles. The maximum Gasteiger partial charge on any atom is 0.337 e. The van der Waals surface area contributed by atoms with Gasteiger partial charge in [-0.2, -0.15) is 0 Å². The summed E-state index contributed by atoms with van der Waals surface area (Å²) in [6.07, 6.45) is 0.191. The van der Waals surface area contributed by atoms with Crippen LogP contribution < -0.4 is 21.3 Å². The second-order valence-corrected chi connectivity index (χ2v) is 17.4. The van der Waals surface area contributed by atoms with Gasteiger partial charge in [0.05, 0.1) is 24.4 Å². The second-order valence-electron chi connectivity index (χ2n) is 17.4. The molecular formula is C41H61F2N5O9. The summed E-state index contributed by atoms with van der Waals surface area (Å²) in [4.78, 5) is 82.1. The van der Waals surface area contributed by atoms with Gasteiger partial charge in [0.15, 0.2) is 0 Å². The summed E-state index contributed by atoms with van der Waals surface area (Å²) in [6.45, 7) is 12.5. The molecule has 2 heterocycles. The third-order valence-electron chi connectivity index (χ3n) is 10.8. The van der Waals surface area contributed by atoms with Crippen molar-refractivity contribution < 1.29 is 51.8 Å². The number of carbonyl (C=O) groups excluding carboxylic acids is 6. The van der Waals surface area contributed by atoms with Gasteiger partial charge in [0.25, 0.3) is 0 Å². The first-order valence-corrected chi connectivity index (χ1v) is 20.0. The Kier molecular flexibility index (Phi) is 15.4. The Morgan fingerprint density at radius 2 is 1.61 bits per heavy atom. The molecule has 4 rings (SSSR count). The number of methoxy groups -OCH3 is 1. The van der Waals surface area contributed by atoms with E-state index in [0.717, 1.165) is 24.8 Å². The first-order valence-electron chi connectivity index (χ1n) is 20.0. The maximum atomic E-state index is 14.7. The van der Waals surface area contributed by atoms with Crippen molar-refractivity contribution in [2.24, 2.45) is 17.8 Å². The van der Waals surface area contributed by atoms with Crippen LogP contribution in [0, 0.1) is 17.8 Å². The smallest absolute Gasteiger partial charge is 0.337 e. The summed E-state index contributed by atoms with van der Waals surface area (Å²) >= 11 is 0. The minimum Gasteiger partial charge on any atom is -0.465 e. The first-order chi connectivity index (χ1) is 26.7. The fourth-order valence-corrected chi connectivity index (χ4v) is 8.09. The molecule has 0 radical (unpaired) electrons. The molecule has 2 aliphatic heterocycles. The van der Waals surface area contributed by atoms with Crippen molar-refractivity contribution in [1.82, 2.24) is 26.2 Å². The van der Waals surface area contributed by atoms with E-state index in [0.29, 0.717) is 31.2 Å². The number of nitrogens with one attached hydrogen (secondary N) is 4. The van der Waals surface area contributed by atoms with E-state index in [1.54, 1.807) is 58.9 Å². The number of alkyl halides is 2. The molecule has 0 aromatic heterocycles. The number of rotatable bonds is 15. The predicted molar refractivity (Wildman–Crippen MR) is 206 cm³/mol. The molecule has 1 saturated carbocycles. The number of likely N-dealkylation sites (tertiary alicyclic amines) is 1. The number of esters is 2. The molecule has 0 unspecified atom stereocenters. The van der Waals surface area contributed by atoms with Crippen LogP contribution in [0.1, 0.15) is 109 Å². The van der Waals surface area contributed by atoms with E-state index in [-0.39, 0.29) is 24.9 Å². The fourth-order valence-electron chi connectivity index (χ4n) is 8.09. The zero-order valence-corrected chi connectivity index (χ0v) is 34.5. The lowest BCUT2D eigenvalue weighted by atomic mass is 9.83.